The third-order valence-corrected chi connectivity index (χ3v) is 4.71. The lowest BCUT2D eigenvalue weighted by Gasteiger charge is -2.42. The molecule has 2 nitrogen and oxygen atoms in total. The van der Waals surface area contributed by atoms with Gasteiger partial charge in [-0.3, -0.25) is 4.90 Å². The summed E-state index contributed by atoms with van der Waals surface area (Å²) in [5.41, 5.74) is 0. The van der Waals surface area contributed by atoms with E-state index in [1.807, 2.05) is 0 Å². The number of hydrogen-bond acceptors (Lipinski definition) is 2. The predicted molar refractivity (Wildman–Crippen MR) is 74.4 cm³/mol. The van der Waals surface area contributed by atoms with E-state index in [0.717, 1.165) is 24.7 Å². The molecule has 2 fully saturated rings. The van der Waals surface area contributed by atoms with Crippen molar-refractivity contribution in [1.82, 2.24) is 10.2 Å². The molecule has 1 aliphatic carbocycles. The van der Waals surface area contributed by atoms with E-state index in [1.165, 1.54) is 57.9 Å². The van der Waals surface area contributed by atoms with Crippen LogP contribution in [0.25, 0.3) is 0 Å². The van der Waals surface area contributed by atoms with Gasteiger partial charge in [-0.05, 0) is 39.2 Å². The van der Waals surface area contributed by atoms with Crippen molar-refractivity contribution in [2.24, 2.45) is 0 Å². The van der Waals surface area contributed by atoms with Crippen LogP contribution in [0.3, 0.4) is 0 Å². The Morgan fingerprint density at radius 3 is 2.35 bits per heavy atom. The highest BCUT2D eigenvalue weighted by Crippen LogP contribution is 2.27. The van der Waals surface area contributed by atoms with Gasteiger partial charge in [0, 0.05) is 24.7 Å². The molecule has 17 heavy (non-hydrogen) atoms. The highest BCUT2D eigenvalue weighted by atomic mass is 15.2. The summed E-state index contributed by atoms with van der Waals surface area (Å²) in [4.78, 5) is 2.82. The summed E-state index contributed by atoms with van der Waals surface area (Å²) >= 11 is 0. The molecule has 2 aliphatic rings. The van der Waals surface area contributed by atoms with E-state index < -0.39 is 0 Å². The predicted octanol–water partition coefficient (Wildman–Crippen LogP) is 3.17. The Labute approximate surface area is 107 Å². The minimum absolute atomic E-state index is 0.775. The zero-order valence-electron chi connectivity index (χ0n) is 11.8. The van der Waals surface area contributed by atoms with Crippen molar-refractivity contribution < 1.29 is 0 Å². The van der Waals surface area contributed by atoms with Crippen LogP contribution in [0.5, 0.6) is 0 Å². The lowest BCUT2D eigenvalue weighted by atomic mass is 9.94. The van der Waals surface area contributed by atoms with E-state index >= 15 is 0 Å². The van der Waals surface area contributed by atoms with Gasteiger partial charge < -0.3 is 5.32 Å². The van der Waals surface area contributed by atoms with Gasteiger partial charge in [0.2, 0.25) is 0 Å². The lowest BCUT2D eigenvalue weighted by molar-refractivity contribution is 0.0798. The summed E-state index contributed by atoms with van der Waals surface area (Å²) in [6, 6.07) is 2.46. The summed E-state index contributed by atoms with van der Waals surface area (Å²) in [5.74, 6) is 0. The normalized spacial score (nSPS) is 33.5. The van der Waals surface area contributed by atoms with E-state index in [1.54, 1.807) is 0 Å². The molecular weight excluding hydrogens is 208 g/mol. The van der Waals surface area contributed by atoms with Crippen LogP contribution in [0.4, 0.5) is 0 Å². The van der Waals surface area contributed by atoms with Crippen LogP contribution in [-0.4, -0.2) is 36.1 Å². The number of nitrogens with one attached hydrogen (secondary N) is 1. The molecular formula is C15H30N2. The average molecular weight is 238 g/mol. The Morgan fingerprint density at radius 1 is 1.06 bits per heavy atom. The smallest absolute Gasteiger partial charge is 0.00980 e. The maximum atomic E-state index is 3.62. The second-order valence-electron chi connectivity index (χ2n) is 6.01. The van der Waals surface area contributed by atoms with Gasteiger partial charge in [0.05, 0.1) is 0 Å². The third kappa shape index (κ3) is 3.69. The molecule has 0 spiro atoms. The highest BCUT2D eigenvalue weighted by Gasteiger charge is 2.30. The first-order valence-electron chi connectivity index (χ1n) is 7.80. The quantitative estimate of drug-likeness (QED) is 0.760. The van der Waals surface area contributed by atoms with Crippen LogP contribution in [0.1, 0.15) is 65.2 Å². The second-order valence-corrected chi connectivity index (χ2v) is 6.01. The lowest BCUT2D eigenvalue weighted by Crippen LogP contribution is -2.51. The first kappa shape index (κ1) is 13.4. The van der Waals surface area contributed by atoms with Crippen LogP contribution in [-0.2, 0) is 0 Å². The molecule has 1 N–H and O–H groups in total. The molecule has 0 amide bonds. The SMILES string of the molecule is CCNC1CCN(C2CCCCCC2)C(C)C1. The van der Waals surface area contributed by atoms with Crippen LogP contribution in [0, 0.1) is 0 Å². The van der Waals surface area contributed by atoms with Crippen LogP contribution >= 0.6 is 0 Å². The Kier molecular flexibility index (Phi) is 5.30. The third-order valence-electron chi connectivity index (χ3n) is 4.71. The van der Waals surface area contributed by atoms with Crippen molar-refractivity contribution >= 4 is 0 Å². The molecule has 0 radical (unpaired) electrons. The molecule has 2 atom stereocenters. The molecule has 1 saturated heterocycles. The molecule has 2 rings (SSSR count). The number of likely N-dealkylation sites (tertiary alicyclic amines) is 1. The molecule has 0 aromatic carbocycles. The monoisotopic (exact) mass is 238 g/mol. The first-order chi connectivity index (χ1) is 8.31. The molecule has 0 aromatic heterocycles. The minimum atomic E-state index is 0.775. The summed E-state index contributed by atoms with van der Waals surface area (Å²) in [7, 11) is 0. The summed E-state index contributed by atoms with van der Waals surface area (Å²) < 4.78 is 0. The molecule has 2 unspecified atom stereocenters. The maximum absolute atomic E-state index is 3.62. The highest BCUT2D eigenvalue weighted by molar-refractivity contribution is 4.87. The van der Waals surface area contributed by atoms with Crippen LogP contribution in [0.15, 0.2) is 0 Å². The number of nitrogens with zero attached hydrogens (tertiary/aromatic N) is 1. The van der Waals surface area contributed by atoms with Gasteiger partial charge in [0.15, 0.2) is 0 Å². The van der Waals surface area contributed by atoms with Gasteiger partial charge in [-0.15, -0.1) is 0 Å². The standard InChI is InChI=1S/C15H30N2/c1-3-16-14-10-11-17(13(2)12-14)15-8-6-4-5-7-9-15/h13-16H,3-12H2,1-2H3. The largest absolute Gasteiger partial charge is 0.314 e. The Balaban J connectivity index is 1.84. The minimum Gasteiger partial charge on any atom is -0.314 e. The number of piperidine rings is 1. The van der Waals surface area contributed by atoms with E-state index in [4.69, 9.17) is 0 Å². The van der Waals surface area contributed by atoms with Gasteiger partial charge in [-0.25, -0.2) is 0 Å². The summed E-state index contributed by atoms with van der Waals surface area (Å²) in [5, 5.41) is 3.62. The van der Waals surface area contributed by atoms with Gasteiger partial charge in [-0.1, -0.05) is 32.6 Å². The molecule has 2 heteroatoms. The topological polar surface area (TPSA) is 15.3 Å². The Bertz CT molecular complexity index is 209. The molecule has 100 valence electrons. The fourth-order valence-electron chi connectivity index (χ4n) is 3.80. The zero-order chi connectivity index (χ0) is 12.1. The van der Waals surface area contributed by atoms with Gasteiger partial charge in [0.25, 0.3) is 0 Å². The van der Waals surface area contributed by atoms with E-state index in [9.17, 15) is 0 Å². The van der Waals surface area contributed by atoms with E-state index in [0.29, 0.717) is 0 Å². The number of hydrogen-bond donors (Lipinski definition) is 1. The van der Waals surface area contributed by atoms with Gasteiger partial charge >= 0.3 is 0 Å². The van der Waals surface area contributed by atoms with Crippen molar-refractivity contribution in [3.63, 3.8) is 0 Å². The first-order valence-corrected chi connectivity index (χ1v) is 7.80. The van der Waals surface area contributed by atoms with Gasteiger partial charge in [-0.2, -0.15) is 0 Å². The van der Waals surface area contributed by atoms with E-state index in [2.05, 4.69) is 24.1 Å². The number of rotatable bonds is 3. The van der Waals surface area contributed by atoms with Crippen LogP contribution < -0.4 is 5.32 Å². The average Bonchev–Trinajstić information content (AvgIpc) is 2.58. The molecule has 0 bridgehead atoms. The van der Waals surface area contributed by atoms with Crippen molar-refractivity contribution in [1.29, 1.82) is 0 Å². The molecule has 1 aliphatic heterocycles. The van der Waals surface area contributed by atoms with Crippen molar-refractivity contribution in [2.75, 3.05) is 13.1 Å². The second kappa shape index (κ2) is 6.75. The summed E-state index contributed by atoms with van der Waals surface area (Å²) in [6.07, 6.45) is 11.5. The molecule has 0 aromatic rings. The van der Waals surface area contributed by atoms with E-state index in [-0.39, 0.29) is 0 Å². The zero-order valence-corrected chi connectivity index (χ0v) is 11.8. The Hall–Kier alpha value is -0.0800. The van der Waals surface area contributed by atoms with Crippen molar-refractivity contribution in [3.05, 3.63) is 0 Å². The maximum Gasteiger partial charge on any atom is 0.00980 e. The summed E-state index contributed by atoms with van der Waals surface area (Å²) in [6.45, 7) is 7.11. The van der Waals surface area contributed by atoms with Gasteiger partial charge in [0.1, 0.15) is 0 Å². The van der Waals surface area contributed by atoms with Crippen molar-refractivity contribution in [3.8, 4) is 0 Å². The molecule has 1 saturated carbocycles. The molecule has 1 heterocycles. The Morgan fingerprint density at radius 2 is 1.76 bits per heavy atom. The fourth-order valence-corrected chi connectivity index (χ4v) is 3.80. The fraction of sp³-hybridized carbons (Fsp3) is 1.00. The van der Waals surface area contributed by atoms with Crippen LogP contribution in [0.2, 0.25) is 0 Å². The van der Waals surface area contributed by atoms with Crippen molar-refractivity contribution in [2.45, 2.75) is 83.3 Å².